The summed E-state index contributed by atoms with van der Waals surface area (Å²) in [7, 11) is 0. The maximum absolute atomic E-state index is 10.5. The Balaban J connectivity index is 2.01. The Labute approximate surface area is 115 Å². The van der Waals surface area contributed by atoms with Gasteiger partial charge in [-0.15, -0.1) is 0 Å². The van der Waals surface area contributed by atoms with Crippen LogP contribution in [0.5, 0.6) is 0 Å². The van der Waals surface area contributed by atoms with Gasteiger partial charge in [0.25, 0.3) is 0 Å². The third-order valence-corrected chi connectivity index (χ3v) is 4.31. The molecule has 0 radical (unpaired) electrons. The van der Waals surface area contributed by atoms with Gasteiger partial charge in [0.1, 0.15) is 0 Å². The number of rotatable bonds is 3. The van der Waals surface area contributed by atoms with Gasteiger partial charge in [-0.25, -0.2) is 9.97 Å². The van der Waals surface area contributed by atoms with Crippen LogP contribution in [0.4, 0.5) is 5.95 Å². The van der Waals surface area contributed by atoms with Gasteiger partial charge in [0.2, 0.25) is 5.95 Å². The summed E-state index contributed by atoms with van der Waals surface area (Å²) in [6.45, 7) is 10.1. The van der Waals surface area contributed by atoms with Gasteiger partial charge < -0.3 is 10.0 Å². The molecular formula is C15H25N3O. The smallest absolute Gasteiger partial charge is 0.225 e. The van der Waals surface area contributed by atoms with E-state index in [2.05, 4.69) is 42.6 Å². The topological polar surface area (TPSA) is 49.2 Å². The molecule has 1 saturated heterocycles. The first-order valence-electron chi connectivity index (χ1n) is 7.21. The first-order valence-corrected chi connectivity index (χ1v) is 7.21. The molecule has 0 amide bonds. The Hall–Kier alpha value is -1.16. The van der Waals surface area contributed by atoms with Crippen LogP contribution < -0.4 is 4.90 Å². The molecule has 0 aromatic carbocycles. The Morgan fingerprint density at radius 3 is 2.05 bits per heavy atom. The van der Waals surface area contributed by atoms with E-state index in [1.54, 1.807) is 0 Å². The number of anilines is 1. The van der Waals surface area contributed by atoms with Crippen molar-refractivity contribution in [2.45, 2.75) is 52.1 Å². The van der Waals surface area contributed by atoms with Gasteiger partial charge in [-0.3, -0.25) is 0 Å². The van der Waals surface area contributed by atoms with E-state index in [-0.39, 0.29) is 0 Å². The van der Waals surface area contributed by atoms with E-state index in [4.69, 9.17) is 0 Å². The van der Waals surface area contributed by atoms with Crippen LogP contribution in [0.1, 0.15) is 52.0 Å². The summed E-state index contributed by atoms with van der Waals surface area (Å²) in [5.41, 5.74) is 0.647. The molecule has 0 atom stereocenters. The maximum atomic E-state index is 10.5. The maximum Gasteiger partial charge on any atom is 0.225 e. The molecule has 1 N–H and O–H groups in total. The molecule has 1 fully saturated rings. The fraction of sp³-hybridized carbons (Fsp3) is 0.733. The van der Waals surface area contributed by atoms with E-state index in [1.807, 2.05) is 12.4 Å². The van der Waals surface area contributed by atoms with Gasteiger partial charge in [0.15, 0.2) is 0 Å². The van der Waals surface area contributed by atoms with Gasteiger partial charge >= 0.3 is 0 Å². The molecule has 19 heavy (non-hydrogen) atoms. The number of nitrogens with zero attached hydrogens (tertiary/aromatic N) is 3. The molecule has 1 aliphatic heterocycles. The Kier molecular flexibility index (Phi) is 4.09. The molecule has 0 bridgehead atoms. The Morgan fingerprint density at radius 1 is 1.11 bits per heavy atom. The molecule has 4 heteroatoms. The molecular weight excluding hydrogens is 238 g/mol. The number of hydrogen-bond donors (Lipinski definition) is 1. The molecule has 0 saturated carbocycles. The molecule has 106 valence electrons. The van der Waals surface area contributed by atoms with E-state index in [9.17, 15) is 5.11 Å². The molecule has 2 heterocycles. The van der Waals surface area contributed by atoms with Crippen LogP contribution in [0.3, 0.4) is 0 Å². The number of hydrogen-bond acceptors (Lipinski definition) is 4. The quantitative estimate of drug-likeness (QED) is 0.910. The largest absolute Gasteiger partial charge is 0.389 e. The average Bonchev–Trinajstić information content (AvgIpc) is 2.39. The number of piperidine rings is 1. The first kappa shape index (κ1) is 14.3. The molecule has 1 aromatic heterocycles. The third-order valence-electron chi connectivity index (χ3n) is 4.31. The van der Waals surface area contributed by atoms with Gasteiger partial charge in [-0.2, -0.15) is 0 Å². The predicted molar refractivity (Wildman–Crippen MR) is 77.4 cm³/mol. The second-order valence-electron chi connectivity index (χ2n) is 6.22. The minimum Gasteiger partial charge on any atom is -0.389 e. The molecule has 0 unspecified atom stereocenters. The van der Waals surface area contributed by atoms with Crippen LogP contribution in [0.15, 0.2) is 12.4 Å². The van der Waals surface area contributed by atoms with Crippen LogP contribution in [0, 0.1) is 5.92 Å². The minimum atomic E-state index is -0.519. The van der Waals surface area contributed by atoms with Crippen LogP contribution >= 0.6 is 0 Å². The normalized spacial score (nSPS) is 19.2. The van der Waals surface area contributed by atoms with E-state index >= 15 is 0 Å². The number of aromatic nitrogens is 2. The van der Waals surface area contributed by atoms with Crippen molar-refractivity contribution in [3.05, 3.63) is 18.0 Å². The summed E-state index contributed by atoms with van der Waals surface area (Å²) in [4.78, 5) is 11.1. The zero-order valence-corrected chi connectivity index (χ0v) is 12.4. The Morgan fingerprint density at radius 2 is 1.63 bits per heavy atom. The lowest BCUT2D eigenvalue weighted by Crippen LogP contribution is -2.48. The van der Waals surface area contributed by atoms with Crippen molar-refractivity contribution < 1.29 is 5.11 Å². The molecule has 1 aromatic rings. The average molecular weight is 263 g/mol. The highest BCUT2D eigenvalue weighted by Crippen LogP contribution is 2.30. The minimum absolute atomic E-state index is 0.305. The molecule has 0 spiro atoms. The number of aliphatic hydroxyl groups is 1. The highest BCUT2D eigenvalue weighted by Gasteiger charge is 2.35. The third kappa shape index (κ3) is 3.06. The summed E-state index contributed by atoms with van der Waals surface area (Å²) < 4.78 is 0. The summed E-state index contributed by atoms with van der Waals surface area (Å²) >= 11 is 0. The van der Waals surface area contributed by atoms with Crippen LogP contribution in [0.2, 0.25) is 0 Å². The van der Waals surface area contributed by atoms with E-state index in [0.717, 1.165) is 31.9 Å². The lowest BCUT2D eigenvalue weighted by molar-refractivity contribution is -0.0263. The molecule has 0 aliphatic carbocycles. The van der Waals surface area contributed by atoms with Crippen LogP contribution in [-0.4, -0.2) is 33.8 Å². The van der Waals surface area contributed by atoms with Crippen LogP contribution in [0.25, 0.3) is 0 Å². The van der Waals surface area contributed by atoms with Crippen molar-refractivity contribution in [3.8, 4) is 0 Å². The lowest BCUT2D eigenvalue weighted by Gasteiger charge is -2.40. The summed E-state index contributed by atoms with van der Waals surface area (Å²) in [5, 5.41) is 10.5. The SMILES string of the molecule is CC(C)c1cnc(N2CCC(O)(C(C)C)CC2)nc1. The van der Waals surface area contributed by atoms with Crippen molar-refractivity contribution in [3.63, 3.8) is 0 Å². The van der Waals surface area contributed by atoms with Crippen LogP contribution in [-0.2, 0) is 0 Å². The van der Waals surface area contributed by atoms with Crippen molar-refractivity contribution in [1.29, 1.82) is 0 Å². The van der Waals surface area contributed by atoms with E-state index < -0.39 is 5.60 Å². The van der Waals surface area contributed by atoms with Crippen molar-refractivity contribution in [2.75, 3.05) is 18.0 Å². The van der Waals surface area contributed by atoms with Gasteiger partial charge in [0.05, 0.1) is 5.60 Å². The molecule has 4 nitrogen and oxygen atoms in total. The highest BCUT2D eigenvalue weighted by atomic mass is 16.3. The van der Waals surface area contributed by atoms with E-state index in [0.29, 0.717) is 11.8 Å². The van der Waals surface area contributed by atoms with Gasteiger partial charge in [-0.1, -0.05) is 27.7 Å². The molecule has 1 aliphatic rings. The lowest BCUT2D eigenvalue weighted by atomic mass is 9.82. The Bertz CT molecular complexity index is 406. The van der Waals surface area contributed by atoms with Crippen molar-refractivity contribution in [2.24, 2.45) is 5.92 Å². The fourth-order valence-corrected chi connectivity index (χ4v) is 2.46. The zero-order valence-electron chi connectivity index (χ0n) is 12.4. The second kappa shape index (κ2) is 5.45. The monoisotopic (exact) mass is 263 g/mol. The standard InChI is InChI=1S/C15H25N3O/c1-11(2)13-9-16-14(17-10-13)18-7-5-15(19,6-8-18)12(3)4/h9-12,19H,5-8H2,1-4H3. The summed E-state index contributed by atoms with van der Waals surface area (Å²) in [5.74, 6) is 1.55. The van der Waals surface area contributed by atoms with Gasteiger partial charge in [0, 0.05) is 25.5 Å². The van der Waals surface area contributed by atoms with Gasteiger partial charge in [-0.05, 0) is 30.2 Å². The summed E-state index contributed by atoms with van der Waals surface area (Å²) in [6, 6.07) is 0. The van der Waals surface area contributed by atoms with E-state index in [1.165, 1.54) is 5.56 Å². The first-order chi connectivity index (χ1) is 8.92. The fourth-order valence-electron chi connectivity index (χ4n) is 2.46. The summed E-state index contributed by atoms with van der Waals surface area (Å²) in [6.07, 6.45) is 5.41. The highest BCUT2D eigenvalue weighted by molar-refractivity contribution is 5.31. The molecule has 2 rings (SSSR count). The second-order valence-corrected chi connectivity index (χ2v) is 6.22. The van der Waals surface area contributed by atoms with Crippen molar-refractivity contribution in [1.82, 2.24) is 9.97 Å². The zero-order chi connectivity index (χ0) is 14.0. The van der Waals surface area contributed by atoms with Crippen molar-refractivity contribution >= 4 is 5.95 Å². The predicted octanol–water partition coefficient (Wildman–Crippen LogP) is 2.59.